The Balaban J connectivity index is 1.91. The first-order chi connectivity index (χ1) is 11.1. The number of aromatic nitrogens is 2. The van der Waals surface area contributed by atoms with Crippen LogP contribution >= 0.6 is 0 Å². The van der Waals surface area contributed by atoms with Crippen LogP contribution in [0.2, 0.25) is 0 Å². The highest BCUT2D eigenvalue weighted by atomic mass is 16.5. The number of rotatable bonds is 6. The van der Waals surface area contributed by atoms with Crippen LogP contribution < -0.4 is 0 Å². The van der Waals surface area contributed by atoms with E-state index in [2.05, 4.69) is 24.5 Å². The van der Waals surface area contributed by atoms with Crippen LogP contribution in [0.5, 0.6) is 0 Å². The summed E-state index contributed by atoms with van der Waals surface area (Å²) in [4.78, 5) is 19.1. The Hall–Kier alpha value is -1.88. The Morgan fingerprint density at radius 1 is 1.35 bits per heavy atom. The molecule has 1 aliphatic rings. The number of para-hydroxylation sites is 2. The second kappa shape index (κ2) is 6.71. The van der Waals surface area contributed by atoms with Crippen LogP contribution in [0, 0.1) is 5.92 Å². The summed E-state index contributed by atoms with van der Waals surface area (Å²) in [6.07, 6.45) is 0.559. The van der Waals surface area contributed by atoms with Crippen LogP contribution in [0.3, 0.4) is 0 Å². The number of amides is 1. The van der Waals surface area contributed by atoms with Gasteiger partial charge in [0, 0.05) is 39.1 Å². The zero-order chi connectivity index (χ0) is 16.4. The third-order valence-corrected chi connectivity index (χ3v) is 4.37. The minimum Gasteiger partial charge on any atom is -0.383 e. The van der Waals surface area contributed by atoms with Crippen LogP contribution in [-0.2, 0) is 16.1 Å². The van der Waals surface area contributed by atoms with Crippen molar-refractivity contribution in [2.45, 2.75) is 32.7 Å². The highest BCUT2D eigenvalue weighted by Crippen LogP contribution is 2.30. The van der Waals surface area contributed by atoms with Gasteiger partial charge in [-0.05, 0) is 18.1 Å². The van der Waals surface area contributed by atoms with Gasteiger partial charge in [-0.25, -0.2) is 4.98 Å². The third-order valence-electron chi connectivity index (χ3n) is 4.37. The molecule has 1 saturated heterocycles. The van der Waals surface area contributed by atoms with E-state index in [9.17, 15) is 4.79 Å². The van der Waals surface area contributed by atoms with Gasteiger partial charge >= 0.3 is 0 Å². The molecule has 1 aromatic heterocycles. The van der Waals surface area contributed by atoms with E-state index in [1.54, 1.807) is 7.11 Å². The lowest BCUT2D eigenvalue weighted by Crippen LogP contribution is -2.29. The summed E-state index contributed by atoms with van der Waals surface area (Å²) >= 11 is 0. The third kappa shape index (κ3) is 3.24. The summed E-state index contributed by atoms with van der Waals surface area (Å²) in [6, 6.07) is 8.15. The van der Waals surface area contributed by atoms with E-state index in [4.69, 9.17) is 9.72 Å². The SMILES string of the molecule is COCCn1c([C@H]2CC(=O)N(CC(C)C)C2)nc2ccccc21. The molecule has 5 heteroatoms. The van der Waals surface area contributed by atoms with Gasteiger partial charge in [-0.3, -0.25) is 4.79 Å². The molecule has 0 N–H and O–H groups in total. The number of carbonyl (C=O) groups excluding carboxylic acids is 1. The molecule has 0 aliphatic carbocycles. The normalized spacial score (nSPS) is 18.5. The first-order valence-electron chi connectivity index (χ1n) is 8.32. The highest BCUT2D eigenvalue weighted by Gasteiger charge is 2.34. The number of hydrogen-bond acceptors (Lipinski definition) is 3. The van der Waals surface area contributed by atoms with E-state index < -0.39 is 0 Å². The zero-order valence-corrected chi connectivity index (χ0v) is 14.2. The molecule has 2 aromatic rings. The Bertz CT molecular complexity index is 693. The predicted octanol–water partition coefficient (Wildman–Crippen LogP) is 2.65. The number of fused-ring (bicyclic) bond motifs is 1. The Morgan fingerprint density at radius 3 is 2.87 bits per heavy atom. The summed E-state index contributed by atoms with van der Waals surface area (Å²) in [5, 5.41) is 0. The van der Waals surface area contributed by atoms with Crippen molar-refractivity contribution in [1.29, 1.82) is 0 Å². The molecule has 1 fully saturated rings. The summed E-state index contributed by atoms with van der Waals surface area (Å²) in [6.45, 7) is 7.30. The van der Waals surface area contributed by atoms with Crippen molar-refractivity contribution < 1.29 is 9.53 Å². The molecule has 0 radical (unpaired) electrons. The number of benzene rings is 1. The van der Waals surface area contributed by atoms with Crippen molar-refractivity contribution in [2.24, 2.45) is 5.92 Å². The fourth-order valence-electron chi connectivity index (χ4n) is 3.39. The number of hydrogen-bond donors (Lipinski definition) is 0. The zero-order valence-electron chi connectivity index (χ0n) is 14.2. The topological polar surface area (TPSA) is 47.4 Å². The lowest BCUT2D eigenvalue weighted by Gasteiger charge is -2.19. The maximum absolute atomic E-state index is 12.3. The van der Waals surface area contributed by atoms with Crippen molar-refractivity contribution in [3.63, 3.8) is 0 Å². The minimum atomic E-state index is 0.172. The van der Waals surface area contributed by atoms with Gasteiger partial charge < -0.3 is 14.2 Å². The van der Waals surface area contributed by atoms with Gasteiger partial charge in [0.25, 0.3) is 0 Å². The number of nitrogens with zero attached hydrogens (tertiary/aromatic N) is 3. The van der Waals surface area contributed by atoms with Crippen LogP contribution in [0.25, 0.3) is 11.0 Å². The van der Waals surface area contributed by atoms with Gasteiger partial charge in [-0.2, -0.15) is 0 Å². The van der Waals surface area contributed by atoms with E-state index in [-0.39, 0.29) is 11.8 Å². The standard InChI is InChI=1S/C18H25N3O2/c1-13(2)11-20-12-14(10-17(20)22)18-19-15-6-4-5-7-16(15)21(18)8-9-23-3/h4-7,13-14H,8-12H2,1-3H3/t14-/m0/s1. The van der Waals surface area contributed by atoms with E-state index in [0.29, 0.717) is 18.9 Å². The Labute approximate surface area is 137 Å². The molecule has 0 spiro atoms. The molecule has 1 atom stereocenters. The maximum atomic E-state index is 12.3. The second-order valence-electron chi connectivity index (χ2n) is 6.70. The largest absolute Gasteiger partial charge is 0.383 e. The average Bonchev–Trinajstić information content (AvgIpc) is 3.06. The summed E-state index contributed by atoms with van der Waals surface area (Å²) in [5.41, 5.74) is 2.11. The number of likely N-dealkylation sites (tertiary alicyclic amines) is 1. The smallest absolute Gasteiger partial charge is 0.223 e. The van der Waals surface area contributed by atoms with Crippen LogP contribution in [0.1, 0.15) is 32.0 Å². The summed E-state index contributed by atoms with van der Waals surface area (Å²) < 4.78 is 7.47. The molecule has 0 bridgehead atoms. The van der Waals surface area contributed by atoms with Crippen molar-refractivity contribution in [2.75, 3.05) is 26.8 Å². The molecule has 1 aliphatic heterocycles. The average molecular weight is 315 g/mol. The van der Waals surface area contributed by atoms with Gasteiger partial charge in [0.15, 0.2) is 0 Å². The van der Waals surface area contributed by atoms with Crippen molar-refractivity contribution in [1.82, 2.24) is 14.5 Å². The summed E-state index contributed by atoms with van der Waals surface area (Å²) in [5.74, 6) is 1.92. The van der Waals surface area contributed by atoms with E-state index >= 15 is 0 Å². The lowest BCUT2D eigenvalue weighted by atomic mass is 10.1. The highest BCUT2D eigenvalue weighted by molar-refractivity contribution is 5.80. The van der Waals surface area contributed by atoms with Crippen molar-refractivity contribution in [3.8, 4) is 0 Å². The lowest BCUT2D eigenvalue weighted by molar-refractivity contribution is -0.128. The van der Waals surface area contributed by atoms with Crippen molar-refractivity contribution >= 4 is 16.9 Å². The molecular weight excluding hydrogens is 290 g/mol. The van der Waals surface area contributed by atoms with Gasteiger partial charge in [0.1, 0.15) is 5.82 Å². The minimum absolute atomic E-state index is 0.172. The van der Waals surface area contributed by atoms with Crippen molar-refractivity contribution in [3.05, 3.63) is 30.1 Å². The molecule has 1 amide bonds. The monoisotopic (exact) mass is 315 g/mol. The molecule has 23 heavy (non-hydrogen) atoms. The second-order valence-corrected chi connectivity index (χ2v) is 6.70. The first-order valence-corrected chi connectivity index (χ1v) is 8.32. The van der Waals surface area contributed by atoms with E-state index in [1.165, 1.54) is 0 Å². The fourth-order valence-corrected chi connectivity index (χ4v) is 3.39. The van der Waals surface area contributed by atoms with Crippen LogP contribution in [0.15, 0.2) is 24.3 Å². The van der Waals surface area contributed by atoms with Gasteiger partial charge in [-0.1, -0.05) is 26.0 Å². The molecule has 0 saturated carbocycles. The molecular formula is C18H25N3O2. The molecule has 124 valence electrons. The maximum Gasteiger partial charge on any atom is 0.223 e. The molecule has 5 nitrogen and oxygen atoms in total. The quantitative estimate of drug-likeness (QED) is 0.823. The van der Waals surface area contributed by atoms with Gasteiger partial charge in [-0.15, -0.1) is 0 Å². The molecule has 3 rings (SSSR count). The molecule has 2 heterocycles. The predicted molar refractivity (Wildman–Crippen MR) is 90.4 cm³/mol. The van der Waals surface area contributed by atoms with Gasteiger partial charge in [0.05, 0.1) is 17.6 Å². The number of ether oxygens (including phenoxy) is 1. The summed E-state index contributed by atoms with van der Waals surface area (Å²) in [7, 11) is 1.71. The number of methoxy groups -OCH3 is 1. The number of carbonyl (C=O) groups is 1. The van der Waals surface area contributed by atoms with Crippen LogP contribution in [0.4, 0.5) is 0 Å². The number of imidazole rings is 1. The Kier molecular flexibility index (Phi) is 4.66. The van der Waals surface area contributed by atoms with E-state index in [0.717, 1.165) is 36.5 Å². The van der Waals surface area contributed by atoms with Gasteiger partial charge in [0.2, 0.25) is 5.91 Å². The molecule has 1 aromatic carbocycles. The van der Waals surface area contributed by atoms with E-state index in [1.807, 2.05) is 23.1 Å². The molecule has 0 unspecified atom stereocenters. The van der Waals surface area contributed by atoms with Crippen LogP contribution in [-0.4, -0.2) is 47.2 Å². The first kappa shape index (κ1) is 16.0. The Morgan fingerprint density at radius 2 is 2.13 bits per heavy atom. The fraction of sp³-hybridized carbons (Fsp3) is 0.556.